The van der Waals surface area contributed by atoms with Gasteiger partial charge < -0.3 is 5.11 Å². The van der Waals surface area contributed by atoms with Crippen LogP contribution >= 0.6 is 0 Å². The highest BCUT2D eigenvalue weighted by molar-refractivity contribution is 6.25. The highest BCUT2D eigenvalue weighted by atomic mass is 16.3. The van der Waals surface area contributed by atoms with Crippen LogP contribution < -0.4 is 0 Å². The van der Waals surface area contributed by atoms with Gasteiger partial charge in [0.2, 0.25) is 0 Å². The second-order valence-corrected chi connectivity index (χ2v) is 5.39. The van der Waals surface area contributed by atoms with Crippen LogP contribution in [0.25, 0.3) is 11.1 Å². The van der Waals surface area contributed by atoms with Gasteiger partial charge in [-0.2, -0.15) is 0 Å². The van der Waals surface area contributed by atoms with E-state index in [1.54, 1.807) is 0 Å². The molecule has 0 amide bonds. The zero-order valence-electron chi connectivity index (χ0n) is 11.2. The van der Waals surface area contributed by atoms with E-state index in [1.165, 1.54) is 18.2 Å². The van der Waals surface area contributed by atoms with Crippen LogP contribution in [0.3, 0.4) is 0 Å². The Balaban J connectivity index is 2.14. The Kier molecular flexibility index (Phi) is 2.39. The van der Waals surface area contributed by atoms with Crippen molar-refractivity contribution in [2.45, 2.75) is 12.8 Å². The van der Waals surface area contributed by atoms with Crippen molar-refractivity contribution in [1.82, 2.24) is 0 Å². The molecule has 0 aliphatic heterocycles. The highest BCUT2D eigenvalue weighted by Gasteiger charge is 2.30. The Hall–Kier alpha value is -2.68. The number of carbonyl (C=O) groups is 2. The summed E-state index contributed by atoms with van der Waals surface area (Å²) in [6, 6.07) is 9.29. The number of aryl methyl sites for hydroxylation is 1. The maximum Gasteiger partial charge on any atom is 0.187 e. The third kappa shape index (κ3) is 1.61. The summed E-state index contributed by atoms with van der Waals surface area (Å²) in [7, 11) is 0. The third-order valence-electron chi connectivity index (χ3n) is 4.24. The number of phenolic OH excluding ortho intramolecular Hbond substituents is 1. The van der Waals surface area contributed by atoms with Crippen LogP contribution in [0, 0.1) is 0 Å². The van der Waals surface area contributed by atoms with Gasteiger partial charge in [0.05, 0.1) is 0 Å². The lowest BCUT2D eigenvalue weighted by Gasteiger charge is -2.25. The van der Waals surface area contributed by atoms with E-state index in [1.807, 2.05) is 24.3 Å². The average molecular weight is 276 g/mol. The van der Waals surface area contributed by atoms with Crippen molar-refractivity contribution in [3.63, 3.8) is 0 Å². The van der Waals surface area contributed by atoms with Crippen LogP contribution in [0.2, 0.25) is 0 Å². The van der Waals surface area contributed by atoms with E-state index in [2.05, 4.69) is 0 Å². The molecule has 3 heteroatoms. The summed E-state index contributed by atoms with van der Waals surface area (Å²) >= 11 is 0. The van der Waals surface area contributed by atoms with Crippen LogP contribution in [0.5, 0.6) is 5.75 Å². The Bertz CT molecular complexity index is 844. The molecule has 0 aromatic heterocycles. The molecule has 21 heavy (non-hydrogen) atoms. The van der Waals surface area contributed by atoms with Crippen molar-refractivity contribution >= 4 is 11.6 Å². The minimum Gasteiger partial charge on any atom is -0.508 e. The molecule has 102 valence electrons. The molecule has 1 N–H and O–H groups in total. The molecule has 0 atom stereocenters. The monoisotopic (exact) mass is 276 g/mol. The fourth-order valence-electron chi connectivity index (χ4n) is 3.28. The van der Waals surface area contributed by atoms with Gasteiger partial charge in [-0.1, -0.05) is 24.3 Å². The molecule has 4 rings (SSSR count). The maximum absolute atomic E-state index is 12.3. The van der Waals surface area contributed by atoms with Crippen molar-refractivity contribution in [1.29, 1.82) is 0 Å². The van der Waals surface area contributed by atoms with E-state index in [0.717, 1.165) is 28.7 Å². The Morgan fingerprint density at radius 1 is 0.857 bits per heavy atom. The zero-order chi connectivity index (χ0) is 14.6. The smallest absolute Gasteiger partial charge is 0.187 e. The number of allylic oxidation sites excluding steroid dienone is 2. The maximum atomic E-state index is 12.3. The highest BCUT2D eigenvalue weighted by Crippen LogP contribution is 2.42. The minimum absolute atomic E-state index is 0.106. The average Bonchev–Trinajstić information content (AvgIpc) is 2.50. The summed E-state index contributed by atoms with van der Waals surface area (Å²) in [5.41, 5.74) is 4.33. The topological polar surface area (TPSA) is 54.4 Å². The molecule has 0 fully saturated rings. The fourth-order valence-corrected chi connectivity index (χ4v) is 3.28. The van der Waals surface area contributed by atoms with Crippen LogP contribution in [0.4, 0.5) is 0 Å². The van der Waals surface area contributed by atoms with Crippen molar-refractivity contribution in [2.75, 3.05) is 0 Å². The van der Waals surface area contributed by atoms with E-state index in [9.17, 15) is 14.7 Å². The van der Waals surface area contributed by atoms with Gasteiger partial charge in [-0.05, 0) is 42.2 Å². The molecule has 2 aromatic rings. The third-order valence-corrected chi connectivity index (χ3v) is 4.24. The Morgan fingerprint density at radius 3 is 2.48 bits per heavy atom. The normalized spacial score (nSPS) is 15.4. The van der Waals surface area contributed by atoms with Crippen molar-refractivity contribution in [3.8, 4) is 16.9 Å². The van der Waals surface area contributed by atoms with E-state index in [-0.39, 0.29) is 17.3 Å². The quantitative estimate of drug-likeness (QED) is 0.804. The van der Waals surface area contributed by atoms with Crippen molar-refractivity contribution < 1.29 is 14.7 Å². The molecule has 0 bridgehead atoms. The summed E-state index contributed by atoms with van der Waals surface area (Å²) < 4.78 is 0. The number of aromatic hydroxyl groups is 1. The van der Waals surface area contributed by atoms with Gasteiger partial charge in [-0.15, -0.1) is 0 Å². The summed E-state index contributed by atoms with van der Waals surface area (Å²) in [5.74, 6) is -0.294. The number of ketones is 2. The summed E-state index contributed by atoms with van der Waals surface area (Å²) in [4.78, 5) is 24.3. The first-order valence-electron chi connectivity index (χ1n) is 6.90. The van der Waals surface area contributed by atoms with Gasteiger partial charge >= 0.3 is 0 Å². The van der Waals surface area contributed by atoms with Crippen LogP contribution in [0.1, 0.15) is 31.8 Å². The second-order valence-electron chi connectivity index (χ2n) is 5.39. The van der Waals surface area contributed by atoms with Crippen molar-refractivity contribution in [3.05, 3.63) is 64.7 Å². The molecule has 2 aromatic carbocycles. The van der Waals surface area contributed by atoms with Crippen LogP contribution in [-0.2, 0) is 12.8 Å². The molecule has 0 radical (unpaired) electrons. The lowest BCUT2D eigenvalue weighted by atomic mass is 9.78. The first-order chi connectivity index (χ1) is 10.2. The Morgan fingerprint density at radius 2 is 1.62 bits per heavy atom. The van der Waals surface area contributed by atoms with Gasteiger partial charge in [-0.3, -0.25) is 9.59 Å². The number of benzene rings is 2. The SMILES string of the molecule is O=C1C=CC(=O)c2c1cc(O)c1c2-c2ccccc2CC1. The predicted molar refractivity (Wildman–Crippen MR) is 78.8 cm³/mol. The molecule has 2 aliphatic rings. The number of fused-ring (bicyclic) bond motifs is 5. The largest absolute Gasteiger partial charge is 0.508 e. The summed E-state index contributed by atoms with van der Waals surface area (Å²) in [5, 5.41) is 10.3. The Labute approximate surface area is 121 Å². The molecule has 0 saturated carbocycles. The van der Waals surface area contributed by atoms with Crippen molar-refractivity contribution in [2.24, 2.45) is 0 Å². The predicted octanol–water partition coefficient (Wildman–Crippen LogP) is 3.09. The van der Waals surface area contributed by atoms with Gasteiger partial charge in [0, 0.05) is 22.3 Å². The second kappa shape index (κ2) is 4.16. The molecular formula is C18H12O3. The van der Waals surface area contributed by atoms with Gasteiger partial charge in [0.15, 0.2) is 11.6 Å². The molecule has 0 saturated heterocycles. The molecule has 0 spiro atoms. The fraction of sp³-hybridized carbons (Fsp3) is 0.111. The minimum atomic E-state index is -0.231. The molecular weight excluding hydrogens is 264 g/mol. The standard InChI is InChI=1S/C18H12O3/c19-14-7-8-15(20)18-13(14)9-16(21)12-6-5-10-3-1-2-4-11(10)17(12)18/h1-4,7-9,21H,5-6H2. The molecule has 0 unspecified atom stereocenters. The van der Waals surface area contributed by atoms with Gasteiger partial charge in [0.1, 0.15) is 5.75 Å². The zero-order valence-corrected chi connectivity index (χ0v) is 11.2. The number of carbonyl (C=O) groups excluding carboxylic acids is 2. The summed E-state index contributed by atoms with van der Waals surface area (Å²) in [6.07, 6.45) is 4.09. The first-order valence-corrected chi connectivity index (χ1v) is 6.90. The van der Waals surface area contributed by atoms with Gasteiger partial charge in [0.25, 0.3) is 0 Å². The number of rotatable bonds is 0. The van der Waals surface area contributed by atoms with E-state index >= 15 is 0 Å². The summed E-state index contributed by atoms with van der Waals surface area (Å²) in [6.45, 7) is 0. The molecule has 0 heterocycles. The van der Waals surface area contributed by atoms with Crippen LogP contribution in [0.15, 0.2) is 42.5 Å². The van der Waals surface area contributed by atoms with Crippen LogP contribution in [-0.4, -0.2) is 16.7 Å². The molecule has 3 nitrogen and oxygen atoms in total. The van der Waals surface area contributed by atoms with Gasteiger partial charge in [-0.25, -0.2) is 0 Å². The lowest BCUT2D eigenvalue weighted by Crippen LogP contribution is -2.17. The lowest BCUT2D eigenvalue weighted by molar-refractivity contribution is 0.0994. The number of phenols is 1. The van der Waals surface area contributed by atoms with E-state index in [4.69, 9.17) is 0 Å². The number of hydrogen-bond acceptors (Lipinski definition) is 3. The van der Waals surface area contributed by atoms with E-state index in [0.29, 0.717) is 17.5 Å². The van der Waals surface area contributed by atoms with E-state index < -0.39 is 0 Å². The number of hydrogen-bond donors (Lipinski definition) is 1. The molecule has 2 aliphatic carbocycles. The first kappa shape index (κ1) is 12.1.